The number of esters is 1. The van der Waals surface area contributed by atoms with Gasteiger partial charge in [-0.1, -0.05) is 34.1 Å². The van der Waals surface area contributed by atoms with Gasteiger partial charge < -0.3 is 29.6 Å². The number of carbonyl (C=O) groups is 3. The maximum atomic E-state index is 13.2. The van der Waals surface area contributed by atoms with Gasteiger partial charge in [-0.15, -0.1) is 0 Å². The lowest BCUT2D eigenvalue weighted by molar-refractivity contribution is -0.139. The Bertz CT molecular complexity index is 1650. The number of carbonyl (C=O) groups excluding carboxylic acids is 3. The van der Waals surface area contributed by atoms with E-state index in [2.05, 4.69) is 59.7 Å². The van der Waals surface area contributed by atoms with Gasteiger partial charge in [0.25, 0.3) is 5.91 Å². The van der Waals surface area contributed by atoms with E-state index in [1.807, 2.05) is 6.07 Å². The number of hydrogen-bond acceptors (Lipinski definition) is 8. The number of rotatable bonds is 12. The molecule has 14 heteroatoms. The minimum Gasteiger partial charge on any atom is -0.493 e. The van der Waals surface area contributed by atoms with Crippen LogP contribution in [0, 0.1) is 9.39 Å². The quantitative estimate of drug-likeness (QED) is 0.0954. The summed E-state index contributed by atoms with van der Waals surface area (Å²) in [5, 5.41) is 9.37. The zero-order valence-electron chi connectivity index (χ0n) is 24.4. The van der Waals surface area contributed by atoms with Crippen molar-refractivity contribution in [3.63, 3.8) is 0 Å². The molecule has 0 unspecified atom stereocenters. The van der Waals surface area contributed by atoms with Crippen molar-refractivity contribution in [1.29, 1.82) is 0 Å². The van der Waals surface area contributed by atoms with Crippen molar-refractivity contribution in [3.05, 3.63) is 96.4 Å². The number of benzene rings is 3. The highest BCUT2D eigenvalue weighted by molar-refractivity contribution is 14.1. The molecule has 0 aromatic heterocycles. The van der Waals surface area contributed by atoms with Crippen LogP contribution in [0.15, 0.2) is 75.4 Å². The maximum Gasteiger partial charge on any atom is 0.338 e. The van der Waals surface area contributed by atoms with Crippen molar-refractivity contribution >= 4 is 62.6 Å². The lowest BCUT2D eigenvalue weighted by atomic mass is 9.95. The van der Waals surface area contributed by atoms with Gasteiger partial charge >= 0.3 is 12.0 Å². The fourth-order valence-electron chi connectivity index (χ4n) is 4.32. The van der Waals surface area contributed by atoms with Crippen LogP contribution in [0.3, 0.4) is 0 Å². The smallest absolute Gasteiger partial charge is 0.338 e. The van der Waals surface area contributed by atoms with Crippen LogP contribution in [0.2, 0.25) is 0 Å². The molecule has 45 heavy (non-hydrogen) atoms. The normalized spacial score (nSPS) is 14.4. The van der Waals surface area contributed by atoms with Gasteiger partial charge in [0.05, 0.1) is 35.1 Å². The first kappa shape index (κ1) is 33.7. The monoisotopic (exact) mass is 794 g/mol. The molecule has 0 spiro atoms. The van der Waals surface area contributed by atoms with Gasteiger partial charge in [-0.3, -0.25) is 4.79 Å². The molecule has 0 saturated heterocycles. The molecule has 3 N–H and O–H groups in total. The lowest BCUT2D eigenvalue weighted by Gasteiger charge is -2.28. The molecular weight excluding hydrogens is 766 g/mol. The molecule has 11 nitrogen and oxygen atoms in total. The molecule has 0 radical (unpaired) electrons. The van der Waals surface area contributed by atoms with E-state index in [0.29, 0.717) is 22.6 Å². The summed E-state index contributed by atoms with van der Waals surface area (Å²) in [7, 11) is 1.43. The second-order valence-corrected chi connectivity index (χ2v) is 11.6. The first-order chi connectivity index (χ1) is 21.6. The zero-order valence-corrected chi connectivity index (χ0v) is 28.2. The molecule has 4 rings (SSSR count). The van der Waals surface area contributed by atoms with Gasteiger partial charge in [0.2, 0.25) is 0 Å². The van der Waals surface area contributed by atoms with Crippen molar-refractivity contribution in [2.75, 3.05) is 20.3 Å². The minimum atomic E-state index is -0.788. The Morgan fingerprint density at radius 2 is 1.87 bits per heavy atom. The molecule has 1 heterocycles. The molecule has 1 atom stereocenters. The topological polar surface area (TPSA) is 137 Å². The number of hydrogen-bond donors (Lipinski definition) is 3. The van der Waals surface area contributed by atoms with Crippen LogP contribution in [0.4, 0.5) is 9.18 Å². The van der Waals surface area contributed by atoms with Gasteiger partial charge in [-0.2, -0.15) is 5.10 Å². The number of methoxy groups -OCH3 is 1. The third kappa shape index (κ3) is 8.94. The highest BCUT2D eigenvalue weighted by atomic mass is 127. The van der Waals surface area contributed by atoms with Crippen molar-refractivity contribution in [1.82, 2.24) is 16.1 Å². The molecular formula is C31H29BrFIN4O7. The number of ether oxygens (including phenoxy) is 4. The minimum absolute atomic E-state index is 0.174. The van der Waals surface area contributed by atoms with Gasteiger partial charge in [-0.25, -0.2) is 19.4 Å². The Morgan fingerprint density at radius 1 is 1.11 bits per heavy atom. The zero-order chi connectivity index (χ0) is 32.5. The SMILES string of the molecule is CCOC(=O)C1=C(C)NC(=O)N[C@H]1c1ccc(OCC(=O)N/N=C/c2cc(Br)cc(I)c2OCc2ccc(F)cc2)c(OC)c1. The first-order valence-corrected chi connectivity index (χ1v) is 15.4. The van der Waals surface area contributed by atoms with Crippen molar-refractivity contribution in [2.24, 2.45) is 5.10 Å². The summed E-state index contributed by atoms with van der Waals surface area (Å²) < 4.78 is 37.1. The molecule has 0 saturated carbocycles. The average molecular weight is 795 g/mol. The fourth-order valence-corrected chi connectivity index (χ4v) is 6.03. The van der Waals surface area contributed by atoms with Crippen molar-refractivity contribution in [2.45, 2.75) is 26.5 Å². The van der Waals surface area contributed by atoms with Crippen LogP contribution in [-0.4, -0.2) is 44.4 Å². The summed E-state index contributed by atoms with van der Waals surface area (Å²) in [6.45, 7) is 3.32. The molecule has 0 bridgehead atoms. The van der Waals surface area contributed by atoms with Gasteiger partial charge in [-0.05, 0) is 84.0 Å². The Morgan fingerprint density at radius 3 is 2.58 bits per heavy atom. The van der Waals surface area contributed by atoms with Crippen LogP contribution in [0.25, 0.3) is 0 Å². The molecule has 3 aromatic carbocycles. The number of urea groups is 1. The number of nitrogens with zero attached hydrogens (tertiary/aromatic N) is 1. The molecule has 236 valence electrons. The van der Waals surface area contributed by atoms with E-state index >= 15 is 0 Å². The van der Waals surface area contributed by atoms with E-state index in [4.69, 9.17) is 18.9 Å². The summed E-state index contributed by atoms with van der Waals surface area (Å²) in [6, 6.07) is 13.2. The first-order valence-electron chi connectivity index (χ1n) is 13.5. The van der Waals surface area contributed by atoms with E-state index < -0.39 is 23.9 Å². The van der Waals surface area contributed by atoms with Crippen molar-refractivity contribution < 1.29 is 37.7 Å². The highest BCUT2D eigenvalue weighted by Gasteiger charge is 2.32. The predicted molar refractivity (Wildman–Crippen MR) is 176 cm³/mol. The maximum absolute atomic E-state index is 13.2. The highest BCUT2D eigenvalue weighted by Crippen LogP contribution is 2.35. The summed E-state index contributed by atoms with van der Waals surface area (Å²) in [5.74, 6) is -0.341. The van der Waals surface area contributed by atoms with E-state index in [-0.39, 0.29) is 42.7 Å². The summed E-state index contributed by atoms with van der Waals surface area (Å²) in [4.78, 5) is 37.3. The summed E-state index contributed by atoms with van der Waals surface area (Å²) in [6.07, 6.45) is 1.45. The molecule has 3 amide bonds. The van der Waals surface area contributed by atoms with E-state index in [1.54, 1.807) is 50.2 Å². The molecule has 0 fully saturated rings. The van der Waals surface area contributed by atoms with Crippen LogP contribution in [0.5, 0.6) is 17.2 Å². The third-order valence-electron chi connectivity index (χ3n) is 6.37. The molecule has 3 aromatic rings. The number of nitrogens with one attached hydrogen (secondary N) is 3. The van der Waals surface area contributed by atoms with E-state index in [0.717, 1.165) is 13.6 Å². The van der Waals surface area contributed by atoms with Crippen LogP contribution in [0.1, 0.15) is 36.6 Å². The summed E-state index contributed by atoms with van der Waals surface area (Å²) >= 11 is 5.59. The van der Waals surface area contributed by atoms with Crippen LogP contribution in [-0.2, 0) is 20.9 Å². The Labute approximate surface area is 280 Å². The standard InChI is InChI=1S/C31H29BrFIN4O7/c1-4-43-30(40)27-17(2)36-31(41)37-28(27)19-7-10-24(25(12-19)42-3)44-16-26(39)38-35-14-20-11-21(32)13-23(34)29(20)45-15-18-5-8-22(33)9-6-18/h5-14,28H,4,15-16H2,1-3H3,(H,38,39)(H2,36,37,41)/b35-14+/t28-/m0/s1. The lowest BCUT2D eigenvalue weighted by Crippen LogP contribution is -2.45. The Hall–Kier alpha value is -4.18. The average Bonchev–Trinajstić information content (AvgIpc) is 3.00. The second kappa shape index (κ2) is 15.7. The van der Waals surface area contributed by atoms with Crippen molar-refractivity contribution in [3.8, 4) is 17.2 Å². The number of allylic oxidation sites excluding steroid dienone is 1. The van der Waals surface area contributed by atoms with Crippen LogP contribution >= 0.6 is 38.5 Å². The van der Waals surface area contributed by atoms with E-state index in [9.17, 15) is 18.8 Å². The number of amides is 3. The Balaban J connectivity index is 1.41. The van der Waals surface area contributed by atoms with Crippen LogP contribution < -0.4 is 30.3 Å². The predicted octanol–water partition coefficient (Wildman–Crippen LogP) is 5.50. The van der Waals surface area contributed by atoms with Gasteiger partial charge in [0, 0.05) is 15.7 Å². The van der Waals surface area contributed by atoms with Gasteiger partial charge in [0.15, 0.2) is 18.1 Å². The Kier molecular flexibility index (Phi) is 11.8. The second-order valence-electron chi connectivity index (χ2n) is 9.50. The molecule has 0 aliphatic carbocycles. The largest absolute Gasteiger partial charge is 0.493 e. The molecule has 1 aliphatic rings. The fraction of sp³-hybridized carbons (Fsp3) is 0.226. The third-order valence-corrected chi connectivity index (χ3v) is 7.63. The van der Waals surface area contributed by atoms with E-state index in [1.165, 1.54) is 25.5 Å². The van der Waals surface area contributed by atoms with Gasteiger partial charge in [0.1, 0.15) is 18.2 Å². The summed E-state index contributed by atoms with van der Waals surface area (Å²) in [5.41, 5.74) is 5.00. The number of hydrazone groups is 1. The molecule has 1 aliphatic heterocycles. The number of halogens is 3.